The summed E-state index contributed by atoms with van der Waals surface area (Å²) in [6.45, 7) is 3.29. The minimum atomic E-state index is -0.279. The van der Waals surface area contributed by atoms with Gasteiger partial charge >= 0.3 is 0 Å². The number of thioether (sulfide) groups is 1. The summed E-state index contributed by atoms with van der Waals surface area (Å²) in [5.74, 6) is -0.0425. The first-order valence-electron chi connectivity index (χ1n) is 6.00. The van der Waals surface area contributed by atoms with E-state index in [0.29, 0.717) is 13.2 Å². The zero-order valence-corrected chi connectivity index (χ0v) is 12.6. The van der Waals surface area contributed by atoms with Gasteiger partial charge in [-0.3, -0.25) is 4.79 Å². The molecule has 2 atom stereocenters. The second kappa shape index (κ2) is 7.75. The Hall–Kier alpha value is -0.750. The second-order valence-electron chi connectivity index (χ2n) is 4.23. The summed E-state index contributed by atoms with van der Waals surface area (Å²) in [5, 5.41) is 6.07. The van der Waals surface area contributed by atoms with Crippen molar-refractivity contribution in [1.29, 1.82) is 0 Å². The van der Waals surface area contributed by atoms with Crippen molar-refractivity contribution in [2.45, 2.75) is 24.0 Å². The van der Waals surface area contributed by atoms with Gasteiger partial charge in [0.1, 0.15) is 6.04 Å². The molecule has 1 amide bonds. The van der Waals surface area contributed by atoms with Gasteiger partial charge < -0.3 is 15.4 Å². The van der Waals surface area contributed by atoms with Crippen LogP contribution in [0.1, 0.15) is 6.92 Å². The van der Waals surface area contributed by atoms with Crippen molar-refractivity contribution < 1.29 is 9.53 Å². The predicted octanol–water partition coefficient (Wildman–Crippen LogP) is 2.15. The van der Waals surface area contributed by atoms with E-state index < -0.39 is 0 Å². The number of ether oxygens (including phenoxy) is 1. The van der Waals surface area contributed by atoms with Gasteiger partial charge in [-0.15, -0.1) is 24.2 Å². The third kappa shape index (κ3) is 4.38. The van der Waals surface area contributed by atoms with Gasteiger partial charge in [-0.05, 0) is 37.4 Å². The number of nitrogens with one attached hydrogen (secondary N) is 2. The lowest BCUT2D eigenvalue weighted by Gasteiger charge is -2.29. The highest BCUT2D eigenvalue weighted by Crippen LogP contribution is 2.18. The highest BCUT2D eigenvalue weighted by Gasteiger charge is 2.28. The highest BCUT2D eigenvalue weighted by atomic mass is 35.5. The maximum absolute atomic E-state index is 12.1. The molecule has 1 aromatic rings. The molecule has 2 rings (SSSR count). The van der Waals surface area contributed by atoms with E-state index in [0.717, 1.165) is 5.69 Å². The summed E-state index contributed by atoms with van der Waals surface area (Å²) in [7, 11) is 0. The first kappa shape index (κ1) is 16.3. The summed E-state index contributed by atoms with van der Waals surface area (Å²) >= 11 is 1.68. The van der Waals surface area contributed by atoms with Crippen molar-refractivity contribution >= 4 is 35.8 Å². The Morgan fingerprint density at radius 1 is 1.42 bits per heavy atom. The topological polar surface area (TPSA) is 50.4 Å². The van der Waals surface area contributed by atoms with Crippen LogP contribution in [0.15, 0.2) is 29.2 Å². The largest absolute Gasteiger partial charge is 0.375 e. The van der Waals surface area contributed by atoms with Crippen LogP contribution in [0.2, 0.25) is 0 Å². The van der Waals surface area contributed by atoms with Crippen molar-refractivity contribution in [3.05, 3.63) is 24.3 Å². The standard InChI is InChI=1S/C13H18N2O2S.ClH/c1-9-12(14-7-8-17-9)13(16)15-10-3-5-11(18-2)6-4-10;/h3-6,9,12,14H,7-8H2,1-2H3,(H,15,16);1H/t9-,12+;/m1./s1. The summed E-state index contributed by atoms with van der Waals surface area (Å²) in [6.07, 6.45) is 1.93. The third-order valence-electron chi connectivity index (χ3n) is 2.96. The summed E-state index contributed by atoms with van der Waals surface area (Å²) in [4.78, 5) is 13.3. The number of hydrogen-bond donors (Lipinski definition) is 2. The average Bonchev–Trinajstić information content (AvgIpc) is 2.40. The number of carbonyl (C=O) groups is 1. The maximum atomic E-state index is 12.1. The van der Waals surface area contributed by atoms with Crippen LogP contribution in [-0.4, -0.2) is 37.5 Å². The molecule has 19 heavy (non-hydrogen) atoms. The molecule has 1 fully saturated rings. The Labute approximate surface area is 124 Å². The van der Waals surface area contributed by atoms with Gasteiger partial charge in [0, 0.05) is 17.1 Å². The van der Waals surface area contributed by atoms with E-state index >= 15 is 0 Å². The van der Waals surface area contributed by atoms with E-state index in [1.54, 1.807) is 11.8 Å². The van der Waals surface area contributed by atoms with Crippen molar-refractivity contribution in [3.63, 3.8) is 0 Å². The van der Waals surface area contributed by atoms with Crippen LogP contribution in [0.4, 0.5) is 5.69 Å². The van der Waals surface area contributed by atoms with Gasteiger partial charge in [0.15, 0.2) is 0 Å². The number of morpholine rings is 1. The quantitative estimate of drug-likeness (QED) is 0.840. The number of halogens is 1. The van der Waals surface area contributed by atoms with E-state index in [9.17, 15) is 4.79 Å². The number of carbonyl (C=O) groups excluding carboxylic acids is 1. The molecule has 1 aliphatic heterocycles. The van der Waals surface area contributed by atoms with Crippen LogP contribution < -0.4 is 10.6 Å². The number of amides is 1. The lowest BCUT2D eigenvalue weighted by atomic mass is 10.1. The monoisotopic (exact) mass is 302 g/mol. The molecular weight excluding hydrogens is 284 g/mol. The zero-order valence-electron chi connectivity index (χ0n) is 11.0. The average molecular weight is 303 g/mol. The number of rotatable bonds is 3. The molecule has 1 heterocycles. The van der Waals surface area contributed by atoms with Crippen molar-refractivity contribution in [3.8, 4) is 0 Å². The van der Waals surface area contributed by atoms with Crippen LogP contribution in [-0.2, 0) is 9.53 Å². The molecule has 0 bridgehead atoms. The number of hydrogen-bond acceptors (Lipinski definition) is 4. The molecule has 6 heteroatoms. The molecule has 0 aliphatic carbocycles. The first-order valence-corrected chi connectivity index (χ1v) is 7.23. The third-order valence-corrected chi connectivity index (χ3v) is 3.70. The van der Waals surface area contributed by atoms with Crippen LogP contribution in [0, 0.1) is 0 Å². The minimum Gasteiger partial charge on any atom is -0.375 e. The Morgan fingerprint density at radius 3 is 2.68 bits per heavy atom. The lowest BCUT2D eigenvalue weighted by molar-refractivity contribution is -0.123. The molecule has 0 spiro atoms. The molecule has 1 aromatic carbocycles. The van der Waals surface area contributed by atoms with Gasteiger partial charge in [0.25, 0.3) is 0 Å². The van der Waals surface area contributed by atoms with Gasteiger partial charge in [-0.2, -0.15) is 0 Å². The molecule has 1 saturated heterocycles. The van der Waals surface area contributed by atoms with Crippen LogP contribution in [0.25, 0.3) is 0 Å². The van der Waals surface area contributed by atoms with Gasteiger partial charge in [0.05, 0.1) is 12.7 Å². The Morgan fingerprint density at radius 2 is 2.11 bits per heavy atom. The number of anilines is 1. The van der Waals surface area contributed by atoms with E-state index in [-0.39, 0.29) is 30.5 Å². The van der Waals surface area contributed by atoms with Gasteiger partial charge in [0.2, 0.25) is 5.91 Å². The second-order valence-corrected chi connectivity index (χ2v) is 5.11. The molecule has 0 unspecified atom stereocenters. The molecule has 4 nitrogen and oxygen atoms in total. The Balaban J connectivity index is 0.00000180. The maximum Gasteiger partial charge on any atom is 0.244 e. The minimum absolute atomic E-state index is 0. The van der Waals surface area contributed by atoms with Crippen LogP contribution in [0.5, 0.6) is 0 Å². The highest BCUT2D eigenvalue weighted by molar-refractivity contribution is 7.98. The fourth-order valence-electron chi connectivity index (χ4n) is 1.92. The Bertz CT molecular complexity index is 414. The van der Waals surface area contributed by atoms with E-state index in [1.165, 1.54) is 4.90 Å². The van der Waals surface area contributed by atoms with Gasteiger partial charge in [-0.25, -0.2) is 0 Å². The summed E-state index contributed by atoms with van der Waals surface area (Å²) < 4.78 is 5.46. The summed E-state index contributed by atoms with van der Waals surface area (Å²) in [6, 6.07) is 7.54. The van der Waals surface area contributed by atoms with Crippen LogP contribution in [0.3, 0.4) is 0 Å². The predicted molar refractivity (Wildman–Crippen MR) is 81.3 cm³/mol. The van der Waals surface area contributed by atoms with Gasteiger partial charge in [-0.1, -0.05) is 0 Å². The van der Waals surface area contributed by atoms with E-state index in [1.807, 2.05) is 37.4 Å². The Kier molecular flexibility index (Phi) is 6.65. The van der Waals surface area contributed by atoms with Crippen molar-refractivity contribution in [2.75, 3.05) is 24.7 Å². The fraction of sp³-hybridized carbons (Fsp3) is 0.462. The summed E-state index contributed by atoms with van der Waals surface area (Å²) in [5.41, 5.74) is 0.817. The molecule has 1 aliphatic rings. The molecule has 106 valence electrons. The molecule has 0 saturated carbocycles. The normalized spacial score (nSPS) is 22.4. The SMILES string of the molecule is CSc1ccc(NC(=O)[C@H]2NCCO[C@@H]2C)cc1.Cl. The first-order chi connectivity index (χ1) is 8.70. The van der Waals surface area contributed by atoms with Crippen molar-refractivity contribution in [1.82, 2.24) is 5.32 Å². The fourth-order valence-corrected chi connectivity index (χ4v) is 2.33. The van der Waals surface area contributed by atoms with Crippen LogP contribution >= 0.6 is 24.2 Å². The zero-order chi connectivity index (χ0) is 13.0. The molecule has 0 aromatic heterocycles. The van der Waals surface area contributed by atoms with Crippen molar-refractivity contribution in [2.24, 2.45) is 0 Å². The van der Waals surface area contributed by atoms with E-state index in [4.69, 9.17) is 4.74 Å². The molecule has 0 radical (unpaired) electrons. The molecule has 2 N–H and O–H groups in total. The van der Waals surface area contributed by atoms with E-state index in [2.05, 4.69) is 10.6 Å². The molecular formula is C13H19ClN2O2S. The lowest BCUT2D eigenvalue weighted by Crippen LogP contribution is -2.53. The smallest absolute Gasteiger partial charge is 0.244 e. The number of benzene rings is 1.